The number of carboxylic acid groups (broad SMARTS) is 1. The maximum absolute atomic E-state index is 12.0. The van der Waals surface area contributed by atoms with Gasteiger partial charge in [-0.15, -0.1) is 0 Å². The number of carboxylic acids is 1. The largest absolute Gasteiger partial charge is 0.480 e. The van der Waals surface area contributed by atoms with E-state index in [-0.39, 0.29) is 0 Å². The van der Waals surface area contributed by atoms with Gasteiger partial charge in [0.1, 0.15) is 17.4 Å². The molecule has 2 N–H and O–H groups in total. The van der Waals surface area contributed by atoms with Gasteiger partial charge in [-0.05, 0) is 19.3 Å². The molecule has 0 fully saturated rings. The van der Waals surface area contributed by atoms with Gasteiger partial charge in [0.25, 0.3) is 5.91 Å². The highest BCUT2D eigenvalue weighted by Crippen LogP contribution is 2.21. The number of hydrogen-bond donors (Lipinski definition) is 2. The first-order valence-corrected chi connectivity index (χ1v) is 5.61. The van der Waals surface area contributed by atoms with Gasteiger partial charge in [-0.25, -0.2) is 4.79 Å². The van der Waals surface area contributed by atoms with E-state index in [0.717, 1.165) is 0 Å². The summed E-state index contributed by atoms with van der Waals surface area (Å²) in [7, 11) is 0. The fourth-order valence-corrected chi connectivity index (χ4v) is 1.66. The van der Waals surface area contributed by atoms with Gasteiger partial charge >= 0.3 is 5.97 Å². The van der Waals surface area contributed by atoms with Crippen LogP contribution in [0.5, 0.6) is 0 Å². The average molecular weight is 254 g/mol. The Morgan fingerprint density at radius 3 is 2.22 bits per heavy atom. The fourth-order valence-electron chi connectivity index (χ4n) is 1.66. The molecule has 1 aromatic rings. The number of nitrogens with zero attached hydrogens (tertiary/aromatic N) is 1. The van der Waals surface area contributed by atoms with Crippen LogP contribution in [0, 0.1) is 19.3 Å². The van der Waals surface area contributed by atoms with Crippen molar-refractivity contribution in [1.82, 2.24) is 10.5 Å². The molecule has 0 spiro atoms. The summed E-state index contributed by atoms with van der Waals surface area (Å²) < 4.78 is 4.89. The zero-order chi connectivity index (χ0) is 14.1. The monoisotopic (exact) mass is 254 g/mol. The van der Waals surface area contributed by atoms with E-state index in [0.29, 0.717) is 17.0 Å². The molecular weight excluding hydrogens is 236 g/mol. The number of carbonyl (C=O) groups is 2. The summed E-state index contributed by atoms with van der Waals surface area (Å²) in [5.41, 5.74) is 0.161. The molecule has 1 atom stereocenters. The number of aliphatic carboxylic acids is 1. The summed E-state index contributed by atoms with van der Waals surface area (Å²) in [5, 5.41) is 15.3. The summed E-state index contributed by atoms with van der Waals surface area (Å²) in [6, 6.07) is -0.973. The Labute approximate surface area is 105 Å². The van der Waals surface area contributed by atoms with Gasteiger partial charge in [0, 0.05) is 0 Å². The molecule has 0 aliphatic carbocycles. The molecule has 6 heteroatoms. The molecule has 0 saturated carbocycles. The molecule has 1 heterocycles. The van der Waals surface area contributed by atoms with Crippen LogP contribution in [0.25, 0.3) is 0 Å². The van der Waals surface area contributed by atoms with Crippen LogP contribution in [0.1, 0.15) is 42.6 Å². The van der Waals surface area contributed by atoms with Gasteiger partial charge < -0.3 is 14.9 Å². The number of hydrogen-bond acceptors (Lipinski definition) is 4. The van der Waals surface area contributed by atoms with Crippen molar-refractivity contribution < 1.29 is 19.2 Å². The molecule has 0 aliphatic rings. The second-order valence-electron chi connectivity index (χ2n) is 5.31. The fraction of sp³-hybridized carbons (Fsp3) is 0.583. The maximum atomic E-state index is 12.0. The molecule has 6 nitrogen and oxygen atoms in total. The molecular formula is C12H18N2O4. The summed E-state index contributed by atoms with van der Waals surface area (Å²) in [5.74, 6) is -1.17. The molecule has 0 unspecified atom stereocenters. The maximum Gasteiger partial charge on any atom is 0.326 e. The molecule has 0 saturated heterocycles. The lowest BCUT2D eigenvalue weighted by molar-refractivity contribution is -0.142. The van der Waals surface area contributed by atoms with Crippen molar-refractivity contribution in [1.29, 1.82) is 0 Å². The number of nitrogens with one attached hydrogen (secondary N) is 1. The number of carbonyl (C=O) groups excluding carboxylic acids is 1. The molecule has 0 radical (unpaired) electrons. The van der Waals surface area contributed by atoms with Crippen molar-refractivity contribution in [2.75, 3.05) is 0 Å². The van der Waals surface area contributed by atoms with Crippen molar-refractivity contribution in [2.45, 2.75) is 40.7 Å². The SMILES string of the molecule is Cc1noc(C)c1C(=O)N[C@H](C(=O)O)C(C)(C)C. The summed E-state index contributed by atoms with van der Waals surface area (Å²) in [4.78, 5) is 23.2. The lowest BCUT2D eigenvalue weighted by atomic mass is 9.86. The Balaban J connectivity index is 2.97. The molecule has 100 valence electrons. The third kappa shape index (κ3) is 2.88. The molecule has 0 aromatic carbocycles. The number of aryl methyl sites for hydroxylation is 2. The topological polar surface area (TPSA) is 92.4 Å². The predicted octanol–water partition coefficient (Wildman–Crippen LogP) is 1.52. The molecule has 0 aliphatic heterocycles. The highest BCUT2D eigenvalue weighted by molar-refractivity contribution is 5.98. The van der Waals surface area contributed by atoms with Crippen LogP contribution in [0.2, 0.25) is 0 Å². The first-order chi connectivity index (χ1) is 8.14. The number of amides is 1. The first-order valence-electron chi connectivity index (χ1n) is 5.61. The van der Waals surface area contributed by atoms with Gasteiger partial charge in [-0.1, -0.05) is 25.9 Å². The van der Waals surface area contributed by atoms with Crippen molar-refractivity contribution in [3.8, 4) is 0 Å². The minimum absolute atomic E-state index is 0.297. The summed E-state index contributed by atoms with van der Waals surface area (Å²) in [6.45, 7) is 8.50. The normalized spacial score (nSPS) is 13.2. The van der Waals surface area contributed by atoms with E-state index in [2.05, 4.69) is 10.5 Å². The van der Waals surface area contributed by atoms with Crippen LogP contribution in [0.3, 0.4) is 0 Å². The van der Waals surface area contributed by atoms with Crippen LogP contribution in [0.15, 0.2) is 4.52 Å². The Morgan fingerprint density at radius 1 is 1.33 bits per heavy atom. The van der Waals surface area contributed by atoms with Crippen molar-refractivity contribution in [3.05, 3.63) is 17.0 Å². The molecule has 0 bridgehead atoms. The summed E-state index contributed by atoms with van der Waals surface area (Å²) in [6.07, 6.45) is 0. The van der Waals surface area contributed by atoms with E-state index in [9.17, 15) is 9.59 Å². The smallest absolute Gasteiger partial charge is 0.326 e. The van der Waals surface area contributed by atoms with E-state index in [4.69, 9.17) is 9.63 Å². The van der Waals surface area contributed by atoms with E-state index in [1.807, 2.05) is 0 Å². The van der Waals surface area contributed by atoms with Crippen LogP contribution in [0.4, 0.5) is 0 Å². The molecule has 1 amide bonds. The lowest BCUT2D eigenvalue weighted by Gasteiger charge is -2.27. The number of rotatable bonds is 3. The molecule has 1 rings (SSSR count). The Kier molecular flexibility index (Phi) is 3.79. The minimum atomic E-state index is -1.07. The van der Waals surface area contributed by atoms with E-state index in [1.54, 1.807) is 34.6 Å². The summed E-state index contributed by atoms with van der Waals surface area (Å²) >= 11 is 0. The highest BCUT2D eigenvalue weighted by atomic mass is 16.5. The van der Waals surface area contributed by atoms with Gasteiger partial charge in [0.15, 0.2) is 0 Å². The average Bonchev–Trinajstić information content (AvgIpc) is 2.52. The van der Waals surface area contributed by atoms with Gasteiger partial charge in [-0.3, -0.25) is 4.79 Å². The molecule has 1 aromatic heterocycles. The van der Waals surface area contributed by atoms with Crippen molar-refractivity contribution in [2.24, 2.45) is 5.41 Å². The number of aromatic nitrogens is 1. The third-order valence-electron chi connectivity index (χ3n) is 2.65. The zero-order valence-electron chi connectivity index (χ0n) is 11.2. The van der Waals surface area contributed by atoms with Crippen molar-refractivity contribution >= 4 is 11.9 Å². The second kappa shape index (κ2) is 4.80. The third-order valence-corrected chi connectivity index (χ3v) is 2.65. The van der Waals surface area contributed by atoms with Crippen LogP contribution in [-0.4, -0.2) is 28.2 Å². The zero-order valence-corrected chi connectivity index (χ0v) is 11.2. The van der Waals surface area contributed by atoms with Gasteiger partial charge in [-0.2, -0.15) is 0 Å². The first kappa shape index (κ1) is 14.2. The Hall–Kier alpha value is -1.85. The van der Waals surface area contributed by atoms with Crippen molar-refractivity contribution in [3.63, 3.8) is 0 Å². The van der Waals surface area contributed by atoms with E-state index >= 15 is 0 Å². The van der Waals surface area contributed by atoms with E-state index < -0.39 is 23.3 Å². The molecule has 18 heavy (non-hydrogen) atoms. The van der Waals surface area contributed by atoms with E-state index in [1.165, 1.54) is 0 Å². The van der Waals surface area contributed by atoms with Crippen LogP contribution < -0.4 is 5.32 Å². The van der Waals surface area contributed by atoms with Crippen LogP contribution >= 0.6 is 0 Å². The van der Waals surface area contributed by atoms with Gasteiger partial charge in [0.2, 0.25) is 0 Å². The Bertz CT molecular complexity index is 451. The second-order valence-corrected chi connectivity index (χ2v) is 5.31. The predicted molar refractivity (Wildman–Crippen MR) is 64.3 cm³/mol. The van der Waals surface area contributed by atoms with Crippen LogP contribution in [-0.2, 0) is 4.79 Å². The van der Waals surface area contributed by atoms with Gasteiger partial charge in [0.05, 0.1) is 5.69 Å². The lowest BCUT2D eigenvalue weighted by Crippen LogP contribution is -2.49. The minimum Gasteiger partial charge on any atom is -0.480 e. The quantitative estimate of drug-likeness (QED) is 0.853. The highest BCUT2D eigenvalue weighted by Gasteiger charge is 2.33. The Morgan fingerprint density at radius 2 is 1.89 bits per heavy atom. The standard InChI is InChI=1S/C12H18N2O4/c1-6-8(7(2)18-14-6)10(15)13-9(11(16)17)12(3,4)5/h9H,1-5H3,(H,13,15)(H,16,17)/t9-/m1/s1.